The van der Waals surface area contributed by atoms with E-state index in [2.05, 4.69) is 10.3 Å². The Hall–Kier alpha value is -3.82. The van der Waals surface area contributed by atoms with Crippen LogP contribution >= 0.6 is 0 Å². The molecule has 30 heavy (non-hydrogen) atoms. The van der Waals surface area contributed by atoms with Crippen molar-refractivity contribution in [3.05, 3.63) is 60.9 Å². The molecular formula is C20H15F3N2O5. The molecule has 1 atom stereocenters. The number of nitrogens with zero attached hydrogens (tertiary/aromatic N) is 1. The zero-order valence-electron chi connectivity index (χ0n) is 15.2. The lowest BCUT2D eigenvalue weighted by Crippen LogP contribution is -2.40. The molecule has 10 heteroatoms. The number of fused-ring (bicyclic) bond motifs is 2. The number of halogens is 3. The highest BCUT2D eigenvalue weighted by Crippen LogP contribution is 2.31. The number of benzene rings is 2. The first-order valence-corrected chi connectivity index (χ1v) is 8.57. The van der Waals surface area contributed by atoms with Gasteiger partial charge in [-0.2, -0.15) is 13.2 Å². The monoisotopic (exact) mass is 420 g/mol. The minimum atomic E-state index is -5.08. The molecule has 2 N–H and O–H groups in total. The largest absolute Gasteiger partial charge is 0.490 e. The number of nitrogens with one attached hydrogen (secondary N) is 1. The van der Waals surface area contributed by atoms with Gasteiger partial charge >= 0.3 is 12.1 Å². The van der Waals surface area contributed by atoms with Crippen molar-refractivity contribution in [1.29, 1.82) is 0 Å². The highest BCUT2D eigenvalue weighted by molar-refractivity contribution is 5.97. The maximum atomic E-state index is 12.4. The fourth-order valence-electron chi connectivity index (χ4n) is 2.53. The second kappa shape index (κ2) is 8.68. The highest BCUT2D eigenvalue weighted by Gasteiger charge is 2.38. The van der Waals surface area contributed by atoms with Gasteiger partial charge in [-0.05, 0) is 35.7 Å². The molecule has 0 radical (unpaired) electrons. The Labute approximate surface area is 168 Å². The van der Waals surface area contributed by atoms with E-state index in [9.17, 15) is 18.0 Å². The average molecular weight is 420 g/mol. The second-order valence-corrected chi connectivity index (χ2v) is 6.09. The van der Waals surface area contributed by atoms with Gasteiger partial charge in [0.05, 0.1) is 0 Å². The lowest BCUT2D eigenvalue weighted by Gasteiger charge is -2.25. The quantitative estimate of drug-likeness (QED) is 0.657. The lowest BCUT2D eigenvalue weighted by molar-refractivity contribution is -0.192. The van der Waals surface area contributed by atoms with Crippen molar-refractivity contribution < 1.29 is 37.3 Å². The van der Waals surface area contributed by atoms with Gasteiger partial charge in [0.25, 0.3) is 5.91 Å². The average Bonchev–Trinajstić information content (AvgIpc) is 2.73. The van der Waals surface area contributed by atoms with E-state index < -0.39 is 18.2 Å². The molecule has 1 unspecified atom stereocenters. The molecule has 156 valence electrons. The van der Waals surface area contributed by atoms with Crippen LogP contribution in [0.2, 0.25) is 0 Å². The van der Waals surface area contributed by atoms with Crippen LogP contribution in [0.1, 0.15) is 0 Å². The fourth-order valence-corrected chi connectivity index (χ4v) is 2.53. The SMILES string of the molecule is O=C(Nc1ccc2cnccc2c1)C1COc2ccccc2O1.O=C(O)C(F)(F)F. The van der Waals surface area contributed by atoms with Crippen molar-refractivity contribution in [2.45, 2.75) is 12.3 Å². The molecule has 0 spiro atoms. The fraction of sp³-hybridized carbons (Fsp3) is 0.150. The van der Waals surface area contributed by atoms with E-state index in [-0.39, 0.29) is 12.5 Å². The molecule has 7 nitrogen and oxygen atoms in total. The molecule has 0 aliphatic carbocycles. The molecule has 1 aromatic heterocycles. The molecule has 0 saturated carbocycles. The van der Waals surface area contributed by atoms with Crippen LogP contribution in [-0.4, -0.2) is 40.9 Å². The smallest absolute Gasteiger partial charge is 0.485 e. The van der Waals surface area contributed by atoms with Crippen molar-refractivity contribution >= 4 is 28.3 Å². The van der Waals surface area contributed by atoms with Crippen molar-refractivity contribution in [3.63, 3.8) is 0 Å². The van der Waals surface area contributed by atoms with Crippen LogP contribution in [0, 0.1) is 0 Å². The second-order valence-electron chi connectivity index (χ2n) is 6.09. The van der Waals surface area contributed by atoms with Gasteiger partial charge < -0.3 is 19.9 Å². The van der Waals surface area contributed by atoms with Crippen LogP contribution in [0.15, 0.2) is 60.9 Å². The summed E-state index contributed by atoms with van der Waals surface area (Å²) in [5.41, 5.74) is 0.719. The number of amides is 1. The van der Waals surface area contributed by atoms with Gasteiger partial charge in [0, 0.05) is 23.5 Å². The minimum absolute atomic E-state index is 0.195. The number of hydrogen-bond acceptors (Lipinski definition) is 5. The van der Waals surface area contributed by atoms with Crippen molar-refractivity contribution in [1.82, 2.24) is 4.98 Å². The van der Waals surface area contributed by atoms with Crippen LogP contribution in [-0.2, 0) is 9.59 Å². The predicted octanol–water partition coefficient (Wildman–Crippen LogP) is 3.65. The van der Waals surface area contributed by atoms with E-state index in [1.165, 1.54) is 0 Å². The summed E-state index contributed by atoms with van der Waals surface area (Å²) < 4.78 is 43.0. The van der Waals surface area contributed by atoms with E-state index in [0.29, 0.717) is 11.5 Å². The number of aromatic nitrogens is 1. The summed E-state index contributed by atoms with van der Waals surface area (Å²) in [5.74, 6) is -1.74. The number of alkyl halides is 3. The number of carboxylic acids is 1. The molecule has 0 bridgehead atoms. The molecule has 0 fully saturated rings. The number of hydrogen-bond donors (Lipinski definition) is 2. The zero-order valence-corrected chi connectivity index (χ0v) is 15.2. The summed E-state index contributed by atoms with van der Waals surface area (Å²) in [6, 6.07) is 14.9. The van der Waals surface area contributed by atoms with Crippen molar-refractivity contribution in [2.24, 2.45) is 0 Å². The first-order valence-electron chi connectivity index (χ1n) is 8.57. The Morgan fingerprint density at radius 3 is 2.47 bits per heavy atom. The van der Waals surface area contributed by atoms with Crippen LogP contribution in [0.4, 0.5) is 18.9 Å². The Kier molecular flexibility index (Phi) is 6.05. The first kappa shape index (κ1) is 20.9. The predicted molar refractivity (Wildman–Crippen MR) is 100 cm³/mol. The van der Waals surface area contributed by atoms with Gasteiger partial charge in [-0.15, -0.1) is 0 Å². The Morgan fingerprint density at radius 2 is 1.77 bits per heavy atom. The van der Waals surface area contributed by atoms with E-state index in [0.717, 1.165) is 16.5 Å². The standard InChI is InChI=1S/C18H14N2O3.C2HF3O2/c21-18(17-11-22-15-3-1-2-4-16(15)23-17)20-14-6-5-13-10-19-8-7-12(13)9-14;3-2(4,5)1(6)7/h1-10,17H,11H2,(H,20,21);(H,6,7). The molecule has 1 amide bonds. The van der Waals surface area contributed by atoms with Gasteiger partial charge in [-0.3, -0.25) is 9.78 Å². The van der Waals surface area contributed by atoms with E-state index in [1.54, 1.807) is 18.5 Å². The van der Waals surface area contributed by atoms with Gasteiger partial charge in [-0.25, -0.2) is 4.79 Å². The van der Waals surface area contributed by atoms with Crippen molar-refractivity contribution in [3.8, 4) is 11.5 Å². The Bertz CT molecular complexity index is 1070. The Balaban J connectivity index is 0.000000318. The summed E-state index contributed by atoms with van der Waals surface area (Å²) in [6.45, 7) is 0.195. The molecule has 4 rings (SSSR count). The lowest BCUT2D eigenvalue weighted by atomic mass is 10.1. The molecule has 0 saturated heterocycles. The Morgan fingerprint density at radius 1 is 1.07 bits per heavy atom. The van der Waals surface area contributed by atoms with Crippen LogP contribution < -0.4 is 14.8 Å². The summed E-state index contributed by atoms with van der Waals surface area (Å²) in [5, 5.41) is 12.0. The number of rotatable bonds is 2. The number of carboxylic acid groups (broad SMARTS) is 1. The highest BCUT2D eigenvalue weighted by atomic mass is 19.4. The van der Waals surface area contributed by atoms with Gasteiger partial charge in [0.2, 0.25) is 6.10 Å². The summed E-state index contributed by atoms with van der Waals surface area (Å²) in [4.78, 5) is 25.4. The number of pyridine rings is 1. The molecule has 2 aromatic carbocycles. The third-order valence-corrected chi connectivity index (χ3v) is 3.95. The summed E-state index contributed by atoms with van der Waals surface area (Å²) in [6.07, 6.45) is -2.24. The number of carbonyl (C=O) groups is 2. The third-order valence-electron chi connectivity index (χ3n) is 3.95. The summed E-state index contributed by atoms with van der Waals surface area (Å²) in [7, 11) is 0. The van der Waals surface area contributed by atoms with Gasteiger partial charge in [0.15, 0.2) is 11.5 Å². The number of para-hydroxylation sites is 2. The van der Waals surface area contributed by atoms with E-state index >= 15 is 0 Å². The topological polar surface area (TPSA) is 97.8 Å². The summed E-state index contributed by atoms with van der Waals surface area (Å²) >= 11 is 0. The normalized spacial score (nSPS) is 15.0. The molecular weight excluding hydrogens is 405 g/mol. The third kappa shape index (κ3) is 5.16. The first-order chi connectivity index (χ1) is 14.2. The zero-order chi connectivity index (χ0) is 21.7. The van der Waals surface area contributed by atoms with E-state index in [1.807, 2.05) is 42.5 Å². The molecule has 1 aliphatic rings. The number of ether oxygens (including phenoxy) is 2. The molecule has 3 aromatic rings. The molecule has 2 heterocycles. The van der Waals surface area contributed by atoms with Crippen molar-refractivity contribution in [2.75, 3.05) is 11.9 Å². The van der Waals surface area contributed by atoms with Crippen LogP contribution in [0.25, 0.3) is 10.8 Å². The molecule has 1 aliphatic heterocycles. The van der Waals surface area contributed by atoms with Crippen LogP contribution in [0.5, 0.6) is 11.5 Å². The number of anilines is 1. The van der Waals surface area contributed by atoms with Crippen LogP contribution in [0.3, 0.4) is 0 Å². The minimum Gasteiger partial charge on any atom is -0.485 e. The van der Waals surface area contributed by atoms with E-state index in [4.69, 9.17) is 19.4 Å². The number of carbonyl (C=O) groups excluding carboxylic acids is 1. The maximum Gasteiger partial charge on any atom is 0.490 e. The van der Waals surface area contributed by atoms with Gasteiger partial charge in [-0.1, -0.05) is 18.2 Å². The maximum absolute atomic E-state index is 12.4. The number of aliphatic carboxylic acids is 1. The van der Waals surface area contributed by atoms with Gasteiger partial charge in [0.1, 0.15) is 6.61 Å².